The maximum absolute atomic E-state index is 4.83. The molecule has 2 heterocycles. The Balaban J connectivity index is 1.53. The van der Waals surface area contributed by atoms with Gasteiger partial charge in [0, 0.05) is 17.8 Å². The second-order valence-electron chi connectivity index (χ2n) is 7.78. The van der Waals surface area contributed by atoms with Gasteiger partial charge in [0.15, 0.2) is 5.65 Å². The van der Waals surface area contributed by atoms with Crippen LogP contribution in [0.3, 0.4) is 0 Å². The second kappa shape index (κ2) is 9.96. The summed E-state index contributed by atoms with van der Waals surface area (Å²) in [6.45, 7) is 7.41. The summed E-state index contributed by atoms with van der Waals surface area (Å²) in [5.74, 6) is 0. The maximum Gasteiger partial charge on any atom is 0.158 e. The van der Waals surface area contributed by atoms with Crippen LogP contribution in [0.5, 0.6) is 0 Å². The van der Waals surface area contributed by atoms with Gasteiger partial charge >= 0.3 is 0 Å². The quantitative estimate of drug-likeness (QED) is 0.499. The van der Waals surface area contributed by atoms with E-state index < -0.39 is 0 Å². The van der Waals surface area contributed by atoms with Crippen LogP contribution in [0.1, 0.15) is 24.1 Å². The Morgan fingerprint density at radius 2 is 1.71 bits per heavy atom. The molecule has 0 saturated carbocycles. The molecule has 0 amide bonds. The van der Waals surface area contributed by atoms with E-state index in [1.165, 1.54) is 22.8 Å². The summed E-state index contributed by atoms with van der Waals surface area (Å²) in [6.07, 6.45) is 3.35. The fourth-order valence-electron chi connectivity index (χ4n) is 3.78. The largest absolute Gasteiger partial charge is 0.317 e. The molecule has 28 heavy (non-hydrogen) atoms. The number of nitrogens with one attached hydrogen (secondary N) is 2. The highest BCUT2D eigenvalue weighted by Crippen LogP contribution is 2.28. The van der Waals surface area contributed by atoms with Gasteiger partial charge in [-0.15, -0.1) is 0 Å². The maximum atomic E-state index is 4.83. The minimum Gasteiger partial charge on any atom is -0.317 e. The molecule has 2 N–H and O–H groups in total. The number of para-hydroxylation sites is 1. The van der Waals surface area contributed by atoms with E-state index in [2.05, 4.69) is 65.9 Å². The van der Waals surface area contributed by atoms with E-state index in [9.17, 15) is 0 Å². The van der Waals surface area contributed by atoms with Crippen molar-refractivity contribution in [3.05, 3.63) is 35.5 Å². The molecule has 0 aliphatic rings. The Morgan fingerprint density at radius 1 is 1.00 bits per heavy atom. The van der Waals surface area contributed by atoms with E-state index in [0.29, 0.717) is 0 Å². The molecule has 6 heteroatoms. The van der Waals surface area contributed by atoms with Crippen LogP contribution in [-0.2, 0) is 13.5 Å². The van der Waals surface area contributed by atoms with Gasteiger partial charge in [0.2, 0.25) is 0 Å². The van der Waals surface area contributed by atoms with Gasteiger partial charge in [-0.2, -0.15) is 5.10 Å². The molecule has 3 rings (SSSR count). The van der Waals surface area contributed by atoms with E-state index in [-0.39, 0.29) is 0 Å². The fraction of sp³-hybridized carbons (Fsp3) is 0.545. The standard InChI is InChI=1S/C22H34N6/c1-17-21-19(11-15-24-13-7-12-23-14-8-16-27(2)3)18-9-5-6-10-20(18)25-22(21)28(4)26-17/h5-6,9-10,23-24H,7-8,11-16H2,1-4H3. The van der Waals surface area contributed by atoms with E-state index >= 15 is 0 Å². The van der Waals surface area contributed by atoms with Crippen LogP contribution in [0.25, 0.3) is 21.9 Å². The summed E-state index contributed by atoms with van der Waals surface area (Å²) < 4.78 is 1.90. The van der Waals surface area contributed by atoms with E-state index in [4.69, 9.17) is 4.98 Å². The van der Waals surface area contributed by atoms with Gasteiger partial charge in [-0.1, -0.05) is 18.2 Å². The van der Waals surface area contributed by atoms with E-state index in [0.717, 1.165) is 62.4 Å². The number of benzene rings is 1. The van der Waals surface area contributed by atoms with Crippen molar-refractivity contribution in [3.8, 4) is 0 Å². The predicted molar refractivity (Wildman–Crippen MR) is 118 cm³/mol. The number of hydrogen-bond acceptors (Lipinski definition) is 5. The van der Waals surface area contributed by atoms with Crippen molar-refractivity contribution < 1.29 is 0 Å². The van der Waals surface area contributed by atoms with Crippen LogP contribution in [0.15, 0.2) is 24.3 Å². The van der Waals surface area contributed by atoms with Gasteiger partial charge < -0.3 is 15.5 Å². The summed E-state index contributed by atoms with van der Waals surface area (Å²) in [4.78, 5) is 7.06. The first-order chi connectivity index (χ1) is 13.6. The Morgan fingerprint density at radius 3 is 2.50 bits per heavy atom. The second-order valence-corrected chi connectivity index (χ2v) is 7.78. The monoisotopic (exact) mass is 382 g/mol. The molecule has 0 unspecified atom stereocenters. The molecule has 152 valence electrons. The summed E-state index contributed by atoms with van der Waals surface area (Å²) in [5, 5.41) is 14.2. The Kier molecular flexibility index (Phi) is 7.36. The number of aryl methyl sites for hydroxylation is 2. The first kappa shape index (κ1) is 20.7. The molecular weight excluding hydrogens is 348 g/mol. The average molecular weight is 383 g/mol. The molecule has 6 nitrogen and oxygen atoms in total. The first-order valence-corrected chi connectivity index (χ1v) is 10.3. The predicted octanol–water partition coefficient (Wildman–Crippen LogP) is 2.49. The SMILES string of the molecule is Cc1nn(C)c2nc3ccccc3c(CCNCCCNCCCN(C)C)c12. The van der Waals surface area contributed by atoms with Crippen molar-refractivity contribution in [1.29, 1.82) is 0 Å². The number of aromatic nitrogens is 3. The summed E-state index contributed by atoms with van der Waals surface area (Å²) in [6, 6.07) is 8.43. The minimum atomic E-state index is 0.970. The lowest BCUT2D eigenvalue weighted by atomic mass is 10.0. The van der Waals surface area contributed by atoms with Gasteiger partial charge in [0.25, 0.3) is 0 Å². The molecule has 1 aromatic carbocycles. The van der Waals surface area contributed by atoms with Gasteiger partial charge in [-0.25, -0.2) is 4.98 Å². The van der Waals surface area contributed by atoms with Crippen LogP contribution in [0.4, 0.5) is 0 Å². The van der Waals surface area contributed by atoms with Crippen molar-refractivity contribution in [2.45, 2.75) is 26.2 Å². The van der Waals surface area contributed by atoms with Gasteiger partial charge in [-0.05, 0) is 84.6 Å². The average Bonchev–Trinajstić information content (AvgIpc) is 2.96. The Hall–Kier alpha value is -2.02. The normalized spacial score (nSPS) is 11.9. The number of fused-ring (bicyclic) bond motifs is 2. The molecule has 0 fully saturated rings. The molecule has 3 aromatic rings. The third-order valence-electron chi connectivity index (χ3n) is 5.17. The number of nitrogens with zero attached hydrogens (tertiary/aromatic N) is 4. The first-order valence-electron chi connectivity index (χ1n) is 10.3. The van der Waals surface area contributed by atoms with Crippen molar-refractivity contribution in [3.63, 3.8) is 0 Å². The summed E-state index contributed by atoms with van der Waals surface area (Å²) in [7, 11) is 6.22. The highest BCUT2D eigenvalue weighted by Gasteiger charge is 2.14. The zero-order chi connectivity index (χ0) is 19.9. The van der Waals surface area contributed by atoms with Crippen LogP contribution >= 0.6 is 0 Å². The smallest absolute Gasteiger partial charge is 0.158 e. The van der Waals surface area contributed by atoms with Gasteiger partial charge in [-0.3, -0.25) is 4.68 Å². The van der Waals surface area contributed by atoms with Crippen molar-refractivity contribution in [1.82, 2.24) is 30.3 Å². The van der Waals surface area contributed by atoms with Gasteiger partial charge in [0.1, 0.15) is 0 Å². The van der Waals surface area contributed by atoms with Crippen molar-refractivity contribution in [2.24, 2.45) is 7.05 Å². The van der Waals surface area contributed by atoms with Crippen molar-refractivity contribution >= 4 is 21.9 Å². The topological polar surface area (TPSA) is 58.0 Å². The van der Waals surface area contributed by atoms with Crippen LogP contribution in [0.2, 0.25) is 0 Å². The molecular formula is C22H34N6. The zero-order valence-electron chi connectivity index (χ0n) is 17.8. The van der Waals surface area contributed by atoms with E-state index in [1.54, 1.807) is 0 Å². The summed E-state index contributed by atoms with van der Waals surface area (Å²) in [5.41, 5.74) is 4.45. The lowest BCUT2D eigenvalue weighted by Gasteiger charge is -2.11. The number of rotatable bonds is 11. The summed E-state index contributed by atoms with van der Waals surface area (Å²) >= 11 is 0. The lowest BCUT2D eigenvalue weighted by Crippen LogP contribution is -2.25. The molecule has 0 saturated heterocycles. The highest BCUT2D eigenvalue weighted by molar-refractivity contribution is 5.97. The molecule has 0 aliphatic carbocycles. The third-order valence-corrected chi connectivity index (χ3v) is 5.17. The molecule has 0 aliphatic heterocycles. The van der Waals surface area contributed by atoms with Crippen LogP contribution in [-0.4, -0.2) is 66.5 Å². The molecule has 0 atom stereocenters. The molecule has 0 spiro atoms. The Bertz CT molecular complexity index is 899. The van der Waals surface area contributed by atoms with Crippen molar-refractivity contribution in [2.75, 3.05) is 46.8 Å². The molecule has 0 radical (unpaired) electrons. The molecule has 0 bridgehead atoms. The zero-order valence-corrected chi connectivity index (χ0v) is 17.8. The van der Waals surface area contributed by atoms with Crippen LogP contribution < -0.4 is 10.6 Å². The fourth-order valence-corrected chi connectivity index (χ4v) is 3.78. The van der Waals surface area contributed by atoms with E-state index in [1.807, 2.05) is 11.7 Å². The number of pyridine rings is 1. The van der Waals surface area contributed by atoms with Gasteiger partial charge in [0.05, 0.1) is 11.2 Å². The lowest BCUT2D eigenvalue weighted by molar-refractivity contribution is 0.394. The molecule has 2 aromatic heterocycles. The highest BCUT2D eigenvalue weighted by atomic mass is 15.3. The Labute approximate surface area is 168 Å². The third kappa shape index (κ3) is 5.07. The number of hydrogen-bond donors (Lipinski definition) is 2. The van der Waals surface area contributed by atoms with Crippen LogP contribution in [0, 0.1) is 6.92 Å². The minimum absolute atomic E-state index is 0.970.